The van der Waals surface area contributed by atoms with Crippen molar-refractivity contribution in [3.63, 3.8) is 0 Å². The van der Waals surface area contributed by atoms with Crippen molar-refractivity contribution in [3.05, 3.63) is 48.0 Å². The molecule has 1 fully saturated rings. The third-order valence-corrected chi connectivity index (χ3v) is 5.22. The summed E-state index contributed by atoms with van der Waals surface area (Å²) in [6.07, 6.45) is 3.22. The Labute approximate surface area is 151 Å². The second-order valence-electron chi connectivity index (χ2n) is 6.92. The maximum atomic E-state index is 12.3. The number of carbonyl (C=O) groups excluding carboxylic acids is 1. The standard InChI is InChI=1S/C20H22N4O2/c21-20(22)23-19(26)12-5-10-16-15-3-1-2-4-17(15)24(18(16)11-12)13-6-8-14(25)9-7-13/h1-5,10-11,13-14,25H,6-9H2,(H4,21,22,23,26)/t13-,14-. The van der Waals surface area contributed by atoms with Gasteiger partial charge in [0.05, 0.1) is 11.6 Å². The van der Waals surface area contributed by atoms with E-state index in [1.165, 1.54) is 0 Å². The van der Waals surface area contributed by atoms with E-state index >= 15 is 0 Å². The second-order valence-corrected chi connectivity index (χ2v) is 6.92. The quantitative estimate of drug-likeness (QED) is 0.488. The molecule has 0 bridgehead atoms. The zero-order valence-corrected chi connectivity index (χ0v) is 14.4. The zero-order chi connectivity index (χ0) is 18.3. The van der Waals surface area contributed by atoms with E-state index in [9.17, 15) is 9.90 Å². The lowest BCUT2D eigenvalue weighted by molar-refractivity contribution is 0.100. The van der Waals surface area contributed by atoms with E-state index in [0.29, 0.717) is 11.6 Å². The Morgan fingerprint density at radius 1 is 1.00 bits per heavy atom. The first-order chi connectivity index (χ1) is 12.5. The maximum Gasteiger partial charge on any atom is 0.280 e. The van der Waals surface area contributed by atoms with E-state index < -0.39 is 5.91 Å². The highest BCUT2D eigenvalue weighted by molar-refractivity contribution is 6.11. The molecular weight excluding hydrogens is 328 g/mol. The number of fused-ring (bicyclic) bond motifs is 3. The number of para-hydroxylation sites is 1. The van der Waals surface area contributed by atoms with Crippen LogP contribution in [0, 0.1) is 0 Å². The summed E-state index contributed by atoms with van der Waals surface area (Å²) in [5.41, 5.74) is 13.3. The highest BCUT2D eigenvalue weighted by Gasteiger charge is 2.24. The van der Waals surface area contributed by atoms with Crippen LogP contribution in [0.1, 0.15) is 42.1 Å². The summed E-state index contributed by atoms with van der Waals surface area (Å²) < 4.78 is 2.31. The summed E-state index contributed by atoms with van der Waals surface area (Å²) in [6, 6.07) is 14.2. The Bertz CT molecular complexity index is 1010. The van der Waals surface area contributed by atoms with Gasteiger partial charge in [0.1, 0.15) is 0 Å². The van der Waals surface area contributed by atoms with E-state index in [2.05, 4.69) is 21.7 Å². The van der Waals surface area contributed by atoms with Gasteiger partial charge in [0.15, 0.2) is 5.96 Å². The molecule has 0 atom stereocenters. The SMILES string of the molecule is NC(N)=NC(=O)c1ccc2c3ccccc3n([C@H]3CC[C@H](O)CC3)c2c1. The van der Waals surface area contributed by atoms with Crippen LogP contribution in [-0.2, 0) is 0 Å². The molecular formula is C20H22N4O2. The number of benzene rings is 2. The molecule has 1 aliphatic rings. The number of amides is 1. The van der Waals surface area contributed by atoms with Gasteiger partial charge in [0, 0.05) is 27.9 Å². The van der Waals surface area contributed by atoms with Crippen molar-refractivity contribution in [2.24, 2.45) is 16.5 Å². The molecule has 2 aromatic carbocycles. The van der Waals surface area contributed by atoms with Crippen molar-refractivity contribution in [2.75, 3.05) is 0 Å². The van der Waals surface area contributed by atoms with E-state index in [1.807, 2.05) is 24.3 Å². The van der Waals surface area contributed by atoms with Crippen LogP contribution in [0.4, 0.5) is 0 Å². The number of aliphatic hydroxyl groups excluding tert-OH is 1. The van der Waals surface area contributed by atoms with Crippen molar-refractivity contribution in [2.45, 2.75) is 37.8 Å². The fourth-order valence-corrected chi connectivity index (χ4v) is 4.02. The van der Waals surface area contributed by atoms with Crippen LogP contribution in [0.5, 0.6) is 0 Å². The number of hydrogen-bond donors (Lipinski definition) is 3. The molecule has 0 saturated heterocycles. The fourth-order valence-electron chi connectivity index (χ4n) is 4.02. The molecule has 1 heterocycles. The van der Waals surface area contributed by atoms with Crippen molar-refractivity contribution in [1.82, 2.24) is 4.57 Å². The van der Waals surface area contributed by atoms with Crippen LogP contribution in [-0.4, -0.2) is 27.6 Å². The average molecular weight is 350 g/mol. The molecule has 0 spiro atoms. The largest absolute Gasteiger partial charge is 0.393 e. The average Bonchev–Trinajstić information content (AvgIpc) is 2.95. The molecule has 3 aromatic rings. The molecule has 0 radical (unpaired) electrons. The molecule has 6 nitrogen and oxygen atoms in total. The highest BCUT2D eigenvalue weighted by atomic mass is 16.3. The van der Waals surface area contributed by atoms with Gasteiger partial charge in [-0.2, -0.15) is 4.99 Å². The van der Waals surface area contributed by atoms with Crippen molar-refractivity contribution in [1.29, 1.82) is 0 Å². The second kappa shape index (κ2) is 6.46. The summed E-state index contributed by atoms with van der Waals surface area (Å²) in [7, 11) is 0. The zero-order valence-electron chi connectivity index (χ0n) is 14.4. The Kier molecular flexibility index (Phi) is 4.12. The van der Waals surface area contributed by atoms with Crippen molar-refractivity contribution >= 4 is 33.7 Å². The number of aliphatic hydroxyl groups is 1. The third kappa shape index (κ3) is 2.82. The molecule has 1 aromatic heterocycles. The van der Waals surface area contributed by atoms with Gasteiger partial charge in [0.2, 0.25) is 0 Å². The Morgan fingerprint density at radius 3 is 2.42 bits per heavy atom. The number of guanidine groups is 1. The first kappa shape index (κ1) is 16.6. The summed E-state index contributed by atoms with van der Waals surface area (Å²) in [6.45, 7) is 0. The number of aromatic nitrogens is 1. The lowest BCUT2D eigenvalue weighted by atomic mass is 9.92. The van der Waals surface area contributed by atoms with Crippen LogP contribution in [0.2, 0.25) is 0 Å². The normalized spacial score (nSPS) is 20.3. The predicted octanol–water partition coefficient (Wildman–Crippen LogP) is 2.68. The third-order valence-electron chi connectivity index (χ3n) is 5.22. The van der Waals surface area contributed by atoms with Gasteiger partial charge in [-0.3, -0.25) is 4.79 Å². The summed E-state index contributed by atoms with van der Waals surface area (Å²) in [5.74, 6) is -0.681. The smallest absolute Gasteiger partial charge is 0.280 e. The predicted molar refractivity (Wildman–Crippen MR) is 103 cm³/mol. The van der Waals surface area contributed by atoms with Gasteiger partial charge in [-0.15, -0.1) is 0 Å². The summed E-state index contributed by atoms with van der Waals surface area (Å²) in [4.78, 5) is 15.9. The summed E-state index contributed by atoms with van der Waals surface area (Å²) in [5, 5.41) is 12.1. The van der Waals surface area contributed by atoms with Crippen molar-refractivity contribution < 1.29 is 9.90 Å². The van der Waals surface area contributed by atoms with E-state index in [-0.39, 0.29) is 12.1 Å². The number of rotatable bonds is 2. The van der Waals surface area contributed by atoms with Gasteiger partial charge in [-0.1, -0.05) is 24.3 Å². The van der Waals surface area contributed by atoms with Crippen molar-refractivity contribution in [3.8, 4) is 0 Å². The van der Waals surface area contributed by atoms with Gasteiger partial charge in [-0.05, 0) is 43.9 Å². The molecule has 6 heteroatoms. The number of nitrogens with two attached hydrogens (primary N) is 2. The fraction of sp³-hybridized carbons (Fsp3) is 0.300. The lowest BCUT2D eigenvalue weighted by Crippen LogP contribution is -2.24. The maximum absolute atomic E-state index is 12.3. The van der Waals surface area contributed by atoms with Gasteiger partial charge >= 0.3 is 0 Å². The van der Waals surface area contributed by atoms with Crippen LogP contribution < -0.4 is 11.5 Å². The minimum absolute atomic E-state index is 0.210. The lowest BCUT2D eigenvalue weighted by Gasteiger charge is -2.28. The topological polar surface area (TPSA) is 107 Å². The van der Waals surface area contributed by atoms with Crippen LogP contribution in [0.3, 0.4) is 0 Å². The monoisotopic (exact) mass is 350 g/mol. The van der Waals surface area contributed by atoms with Crippen LogP contribution in [0.25, 0.3) is 21.8 Å². The van der Waals surface area contributed by atoms with Gasteiger partial charge in [-0.25, -0.2) is 0 Å². The van der Waals surface area contributed by atoms with E-state index in [0.717, 1.165) is 47.5 Å². The number of hydrogen-bond acceptors (Lipinski definition) is 2. The Balaban J connectivity index is 1.91. The molecule has 5 N–H and O–H groups in total. The minimum atomic E-state index is -0.442. The molecule has 4 rings (SSSR count). The molecule has 1 saturated carbocycles. The molecule has 0 unspecified atom stereocenters. The molecule has 0 aliphatic heterocycles. The van der Waals surface area contributed by atoms with Crippen LogP contribution >= 0.6 is 0 Å². The molecule has 26 heavy (non-hydrogen) atoms. The molecule has 1 aliphatic carbocycles. The number of nitrogens with zero attached hydrogens (tertiary/aromatic N) is 2. The van der Waals surface area contributed by atoms with Gasteiger partial charge < -0.3 is 21.1 Å². The number of aliphatic imine (C=N–C) groups is 1. The highest BCUT2D eigenvalue weighted by Crippen LogP contribution is 2.38. The first-order valence-electron chi connectivity index (χ1n) is 8.89. The Morgan fingerprint density at radius 2 is 1.69 bits per heavy atom. The molecule has 134 valence electrons. The van der Waals surface area contributed by atoms with E-state index in [1.54, 1.807) is 6.07 Å². The minimum Gasteiger partial charge on any atom is -0.393 e. The van der Waals surface area contributed by atoms with Crippen LogP contribution in [0.15, 0.2) is 47.5 Å². The molecule has 1 amide bonds. The Hall–Kier alpha value is -2.86. The summed E-state index contributed by atoms with van der Waals surface area (Å²) >= 11 is 0. The van der Waals surface area contributed by atoms with E-state index in [4.69, 9.17) is 11.5 Å². The number of carbonyl (C=O) groups is 1. The first-order valence-corrected chi connectivity index (χ1v) is 8.89. The van der Waals surface area contributed by atoms with Gasteiger partial charge in [0.25, 0.3) is 5.91 Å².